The summed E-state index contributed by atoms with van der Waals surface area (Å²) in [6, 6.07) is 2.41. The van der Waals surface area contributed by atoms with Crippen LogP contribution in [-0.4, -0.2) is 12.3 Å². The second-order valence-electron chi connectivity index (χ2n) is 2.70. The van der Waals surface area contributed by atoms with Gasteiger partial charge in [0.15, 0.2) is 11.8 Å². The molecular formula is C8H7F4N3O. The number of halogens is 4. The summed E-state index contributed by atoms with van der Waals surface area (Å²) in [5.41, 5.74) is 9.70. The number of benzene rings is 1. The Hall–Kier alpha value is -1.99. The quantitative estimate of drug-likeness (QED) is 0.466. The maximum Gasteiger partial charge on any atom is 0.573 e. The molecule has 1 rings (SSSR count). The molecule has 0 spiro atoms. The zero-order valence-electron chi connectivity index (χ0n) is 7.75. The Bertz CT molecular complexity index is 412. The van der Waals surface area contributed by atoms with Gasteiger partial charge in [-0.1, -0.05) is 0 Å². The summed E-state index contributed by atoms with van der Waals surface area (Å²) in [7, 11) is 0. The molecule has 1 aromatic rings. The van der Waals surface area contributed by atoms with Gasteiger partial charge < -0.3 is 16.2 Å². The molecule has 0 unspecified atom stereocenters. The smallest absolute Gasteiger partial charge is 0.406 e. The van der Waals surface area contributed by atoms with E-state index in [0.29, 0.717) is 6.07 Å². The molecule has 0 saturated heterocycles. The molecule has 0 fully saturated rings. The minimum atomic E-state index is -4.87. The first-order valence-electron chi connectivity index (χ1n) is 3.93. The first-order chi connectivity index (χ1) is 7.28. The van der Waals surface area contributed by atoms with Gasteiger partial charge in [0, 0.05) is 6.07 Å². The Labute approximate surface area is 87.5 Å². The van der Waals surface area contributed by atoms with Crippen LogP contribution in [0.3, 0.4) is 0 Å². The minimum Gasteiger partial charge on any atom is -0.406 e. The third kappa shape index (κ3) is 3.64. The summed E-state index contributed by atoms with van der Waals surface area (Å²) in [5, 5.41) is 0. The third-order valence-corrected chi connectivity index (χ3v) is 1.40. The van der Waals surface area contributed by atoms with Crippen molar-refractivity contribution in [1.82, 2.24) is 0 Å². The van der Waals surface area contributed by atoms with Crippen LogP contribution in [0, 0.1) is 5.82 Å². The van der Waals surface area contributed by atoms with Crippen molar-refractivity contribution in [2.45, 2.75) is 6.36 Å². The molecule has 0 amide bonds. The van der Waals surface area contributed by atoms with Gasteiger partial charge in [0.1, 0.15) is 11.4 Å². The fourth-order valence-corrected chi connectivity index (χ4v) is 0.915. The predicted molar refractivity (Wildman–Crippen MR) is 48.6 cm³/mol. The highest BCUT2D eigenvalue weighted by Gasteiger charge is 2.31. The first-order valence-corrected chi connectivity index (χ1v) is 3.93. The van der Waals surface area contributed by atoms with E-state index >= 15 is 0 Å². The van der Waals surface area contributed by atoms with Crippen LogP contribution < -0.4 is 16.2 Å². The predicted octanol–water partition coefficient (Wildman–Crippen LogP) is 1.63. The molecule has 16 heavy (non-hydrogen) atoms. The number of guanidine groups is 1. The highest BCUT2D eigenvalue weighted by atomic mass is 19.4. The zero-order valence-corrected chi connectivity index (χ0v) is 7.75. The number of aliphatic imine (C=N–C) groups is 1. The number of nitrogens with two attached hydrogens (primary N) is 2. The van der Waals surface area contributed by atoms with Gasteiger partial charge in [-0.15, -0.1) is 13.2 Å². The van der Waals surface area contributed by atoms with Crippen LogP contribution in [-0.2, 0) is 0 Å². The van der Waals surface area contributed by atoms with Crippen LogP contribution in [0.25, 0.3) is 0 Å². The van der Waals surface area contributed by atoms with Crippen molar-refractivity contribution in [2.24, 2.45) is 16.5 Å². The first kappa shape index (κ1) is 12.1. The summed E-state index contributed by atoms with van der Waals surface area (Å²) in [5.74, 6) is -2.10. The van der Waals surface area contributed by atoms with Gasteiger partial charge in [0.25, 0.3) is 0 Å². The number of rotatable bonds is 2. The Morgan fingerprint density at radius 2 is 1.88 bits per heavy atom. The molecule has 0 bridgehead atoms. The van der Waals surface area contributed by atoms with Crippen molar-refractivity contribution in [3.05, 3.63) is 24.0 Å². The maximum atomic E-state index is 13.1. The summed E-state index contributed by atoms with van der Waals surface area (Å²) in [4.78, 5) is 3.36. The topological polar surface area (TPSA) is 73.6 Å². The van der Waals surface area contributed by atoms with Crippen molar-refractivity contribution in [2.75, 3.05) is 0 Å². The Morgan fingerprint density at radius 1 is 1.25 bits per heavy atom. The molecular weight excluding hydrogens is 230 g/mol. The monoisotopic (exact) mass is 237 g/mol. The lowest BCUT2D eigenvalue weighted by molar-refractivity contribution is -0.274. The Kier molecular flexibility index (Phi) is 3.21. The number of nitrogens with zero attached hydrogens (tertiary/aromatic N) is 1. The number of ether oxygens (including phenoxy) is 1. The molecule has 1 aromatic carbocycles. The molecule has 0 aromatic heterocycles. The summed E-state index contributed by atoms with van der Waals surface area (Å²) in [6.45, 7) is 0. The lowest BCUT2D eigenvalue weighted by atomic mass is 10.3. The number of hydrogen-bond acceptors (Lipinski definition) is 2. The highest BCUT2D eigenvalue weighted by Crippen LogP contribution is 2.27. The van der Waals surface area contributed by atoms with E-state index in [1.807, 2.05) is 0 Å². The van der Waals surface area contributed by atoms with E-state index in [2.05, 4.69) is 9.73 Å². The molecule has 88 valence electrons. The van der Waals surface area contributed by atoms with Crippen molar-refractivity contribution in [1.29, 1.82) is 0 Å². The van der Waals surface area contributed by atoms with E-state index in [1.165, 1.54) is 0 Å². The molecule has 0 saturated carbocycles. The van der Waals surface area contributed by atoms with E-state index in [0.717, 1.165) is 12.1 Å². The maximum absolute atomic E-state index is 13.1. The van der Waals surface area contributed by atoms with Crippen molar-refractivity contribution in [3.63, 3.8) is 0 Å². The van der Waals surface area contributed by atoms with Crippen LogP contribution >= 0.6 is 0 Å². The van der Waals surface area contributed by atoms with Gasteiger partial charge in [-0.2, -0.15) is 0 Å². The van der Waals surface area contributed by atoms with Gasteiger partial charge in [0.2, 0.25) is 0 Å². The second kappa shape index (κ2) is 4.25. The van der Waals surface area contributed by atoms with Crippen LogP contribution in [0.1, 0.15) is 0 Å². The molecule has 0 aliphatic carbocycles. The number of hydrogen-bond donors (Lipinski definition) is 2. The van der Waals surface area contributed by atoms with Gasteiger partial charge in [-0.05, 0) is 12.1 Å². The Balaban J connectivity index is 2.96. The van der Waals surface area contributed by atoms with Gasteiger partial charge >= 0.3 is 6.36 Å². The van der Waals surface area contributed by atoms with Crippen LogP contribution in [0.15, 0.2) is 23.2 Å². The third-order valence-electron chi connectivity index (χ3n) is 1.40. The lowest BCUT2D eigenvalue weighted by Crippen LogP contribution is -2.22. The van der Waals surface area contributed by atoms with Crippen molar-refractivity contribution < 1.29 is 22.3 Å². The fourth-order valence-electron chi connectivity index (χ4n) is 0.915. The average molecular weight is 237 g/mol. The molecule has 0 heterocycles. The Morgan fingerprint density at radius 3 is 2.31 bits per heavy atom. The fraction of sp³-hybridized carbons (Fsp3) is 0.125. The normalized spacial score (nSPS) is 11.0. The highest BCUT2D eigenvalue weighted by molar-refractivity contribution is 5.79. The summed E-state index contributed by atoms with van der Waals surface area (Å²) < 4.78 is 51.9. The largest absolute Gasteiger partial charge is 0.573 e. The minimum absolute atomic E-state index is 0.269. The van der Waals surface area contributed by atoms with E-state index in [-0.39, 0.29) is 5.69 Å². The number of alkyl halides is 3. The second-order valence-corrected chi connectivity index (χ2v) is 2.70. The molecule has 4 nitrogen and oxygen atoms in total. The van der Waals surface area contributed by atoms with E-state index in [9.17, 15) is 17.6 Å². The van der Waals surface area contributed by atoms with E-state index < -0.39 is 23.9 Å². The van der Waals surface area contributed by atoms with E-state index in [4.69, 9.17) is 11.5 Å². The molecule has 0 aliphatic rings. The lowest BCUT2D eigenvalue weighted by Gasteiger charge is -2.08. The molecule has 0 aliphatic heterocycles. The standard InChI is InChI=1S/C8H7F4N3O/c9-5-3-4(16-8(10,11)12)1-2-6(5)15-7(13)14/h1-3H,(H4,13,14,15). The summed E-state index contributed by atoms with van der Waals surface area (Å²) in [6.07, 6.45) is -4.87. The molecule has 0 atom stereocenters. The van der Waals surface area contributed by atoms with Crippen molar-refractivity contribution >= 4 is 11.6 Å². The summed E-state index contributed by atoms with van der Waals surface area (Å²) >= 11 is 0. The molecule has 4 N–H and O–H groups in total. The molecule has 0 radical (unpaired) electrons. The van der Waals surface area contributed by atoms with Crippen molar-refractivity contribution in [3.8, 4) is 5.75 Å². The van der Waals surface area contributed by atoms with Gasteiger partial charge in [0.05, 0.1) is 0 Å². The molecule has 8 heteroatoms. The van der Waals surface area contributed by atoms with Crippen LogP contribution in [0.5, 0.6) is 5.75 Å². The SMILES string of the molecule is NC(N)=Nc1ccc(OC(F)(F)F)cc1F. The van der Waals surface area contributed by atoms with Gasteiger partial charge in [-0.25, -0.2) is 9.38 Å². The van der Waals surface area contributed by atoms with Gasteiger partial charge in [-0.3, -0.25) is 0 Å². The zero-order chi connectivity index (χ0) is 12.3. The van der Waals surface area contributed by atoms with Crippen LogP contribution in [0.2, 0.25) is 0 Å². The van der Waals surface area contributed by atoms with Crippen LogP contribution in [0.4, 0.5) is 23.2 Å². The van der Waals surface area contributed by atoms with E-state index in [1.54, 1.807) is 0 Å². The average Bonchev–Trinajstić information content (AvgIpc) is 2.06.